The summed E-state index contributed by atoms with van der Waals surface area (Å²) in [4.78, 5) is 30.9. The Hall–Kier alpha value is -4.05. The largest absolute Gasteiger partial charge is 0.493 e. The van der Waals surface area contributed by atoms with E-state index in [1.807, 2.05) is 37.3 Å². The zero-order valence-corrected chi connectivity index (χ0v) is 26.1. The number of likely N-dealkylation sites (tertiary alicyclic amines) is 1. The second-order valence-electron chi connectivity index (χ2n) is 12.4. The highest BCUT2D eigenvalue weighted by atomic mass is 19.4. The molecule has 2 atom stereocenters. The topological polar surface area (TPSA) is 68.3 Å². The van der Waals surface area contributed by atoms with E-state index in [9.17, 15) is 22.8 Å². The molecule has 0 bridgehead atoms. The van der Waals surface area contributed by atoms with Crippen molar-refractivity contribution >= 4 is 11.8 Å². The molecular weight excluding hydrogens is 597 g/mol. The molecule has 10 heteroatoms. The molecule has 2 amide bonds. The van der Waals surface area contributed by atoms with Gasteiger partial charge in [0.1, 0.15) is 6.61 Å². The maximum Gasteiger partial charge on any atom is 0.416 e. The molecule has 0 N–H and O–H groups in total. The summed E-state index contributed by atoms with van der Waals surface area (Å²) in [5.74, 6) is 0.0698. The Morgan fingerprint density at radius 3 is 2.41 bits per heavy atom. The second-order valence-corrected chi connectivity index (χ2v) is 12.4. The molecule has 0 spiro atoms. The fourth-order valence-corrected chi connectivity index (χ4v) is 7.05. The number of morpholine rings is 1. The Balaban J connectivity index is 1.21. The van der Waals surface area contributed by atoms with Crippen LogP contribution in [0.4, 0.5) is 13.2 Å². The Labute approximate surface area is 267 Å². The standard InChI is InChI=1S/C36H39F3N2O5/c1-23-17-31(44-2)32(46-22-24-9-5-3-6-10-24)19-28(23)35(43)41-15-16-45-33-21-40(20-30(33)41)34(42)26-13-14-27(25-11-7-4-8-12-25)29(18-26)36(37,38)39/h3,5-6,9-10,13-14,17-19,25,30,33H,4,7-8,11-12,15-16,20-22H2,1-2H3/t30-,33+/m0/s1. The average Bonchev–Trinajstić information content (AvgIpc) is 3.52. The molecule has 7 nitrogen and oxygen atoms in total. The summed E-state index contributed by atoms with van der Waals surface area (Å²) < 4.78 is 60.2. The maximum absolute atomic E-state index is 14.2. The van der Waals surface area contributed by atoms with Gasteiger partial charge in [-0.15, -0.1) is 0 Å². The predicted molar refractivity (Wildman–Crippen MR) is 166 cm³/mol. The SMILES string of the molecule is COc1cc(C)c(C(=O)N2CCO[C@@H]3CN(C(=O)c4ccc(C5CCCCC5)c(C(F)(F)F)c4)C[C@@H]32)cc1OCc1ccccc1. The number of benzene rings is 3. The van der Waals surface area contributed by atoms with E-state index in [-0.39, 0.29) is 42.6 Å². The highest BCUT2D eigenvalue weighted by molar-refractivity contribution is 5.97. The number of hydrogen-bond donors (Lipinski definition) is 0. The van der Waals surface area contributed by atoms with Crippen LogP contribution in [0.1, 0.15) is 81.0 Å². The van der Waals surface area contributed by atoms with Gasteiger partial charge in [-0.1, -0.05) is 55.7 Å². The van der Waals surface area contributed by atoms with Gasteiger partial charge < -0.3 is 24.0 Å². The van der Waals surface area contributed by atoms with Crippen molar-refractivity contribution in [3.05, 3.63) is 94.0 Å². The average molecular weight is 637 g/mol. The number of fused-ring (bicyclic) bond motifs is 1. The summed E-state index contributed by atoms with van der Waals surface area (Å²) in [6.45, 7) is 3.08. The minimum atomic E-state index is -4.56. The van der Waals surface area contributed by atoms with E-state index in [1.165, 1.54) is 17.0 Å². The van der Waals surface area contributed by atoms with Crippen LogP contribution >= 0.6 is 0 Å². The Morgan fingerprint density at radius 2 is 1.70 bits per heavy atom. The van der Waals surface area contributed by atoms with Crippen LogP contribution in [0.25, 0.3) is 0 Å². The lowest BCUT2D eigenvalue weighted by Gasteiger charge is -2.37. The first kappa shape index (κ1) is 31.9. The molecule has 3 aliphatic rings. The molecule has 1 aliphatic carbocycles. The van der Waals surface area contributed by atoms with E-state index in [0.717, 1.165) is 43.7 Å². The Bertz CT molecular complexity index is 1570. The number of halogens is 3. The van der Waals surface area contributed by atoms with Crippen molar-refractivity contribution in [2.75, 3.05) is 33.4 Å². The van der Waals surface area contributed by atoms with Gasteiger partial charge in [-0.25, -0.2) is 0 Å². The molecule has 2 saturated heterocycles. The summed E-state index contributed by atoms with van der Waals surface area (Å²) in [5.41, 5.74) is 1.67. The molecule has 1 saturated carbocycles. The number of alkyl halides is 3. The van der Waals surface area contributed by atoms with Gasteiger partial charge in [0, 0.05) is 30.8 Å². The van der Waals surface area contributed by atoms with Gasteiger partial charge in [0.2, 0.25) is 0 Å². The van der Waals surface area contributed by atoms with Crippen LogP contribution < -0.4 is 9.47 Å². The first-order chi connectivity index (χ1) is 22.1. The molecular formula is C36H39F3N2O5. The van der Waals surface area contributed by atoms with Crippen LogP contribution in [-0.2, 0) is 17.5 Å². The third kappa shape index (κ3) is 6.58. The molecule has 3 fully saturated rings. The molecule has 2 aliphatic heterocycles. The number of carbonyl (C=O) groups excluding carboxylic acids is 2. The van der Waals surface area contributed by atoms with Gasteiger partial charge in [-0.2, -0.15) is 13.2 Å². The van der Waals surface area contributed by atoms with Gasteiger partial charge in [-0.05, 0) is 66.6 Å². The fraction of sp³-hybridized carbons (Fsp3) is 0.444. The minimum absolute atomic E-state index is 0.00499. The molecule has 6 rings (SSSR count). The van der Waals surface area contributed by atoms with Crippen molar-refractivity contribution < 1.29 is 37.0 Å². The fourth-order valence-electron chi connectivity index (χ4n) is 7.05. The molecule has 244 valence electrons. The molecule has 3 aromatic carbocycles. The van der Waals surface area contributed by atoms with Crippen molar-refractivity contribution in [1.29, 1.82) is 0 Å². The number of carbonyl (C=O) groups is 2. The highest BCUT2D eigenvalue weighted by Gasteiger charge is 2.45. The van der Waals surface area contributed by atoms with Gasteiger partial charge in [0.25, 0.3) is 11.8 Å². The molecule has 0 unspecified atom stereocenters. The highest BCUT2D eigenvalue weighted by Crippen LogP contribution is 2.41. The van der Waals surface area contributed by atoms with Crippen LogP contribution in [0.3, 0.4) is 0 Å². The summed E-state index contributed by atoms with van der Waals surface area (Å²) >= 11 is 0. The Morgan fingerprint density at radius 1 is 0.935 bits per heavy atom. The van der Waals surface area contributed by atoms with Gasteiger partial charge in [-0.3, -0.25) is 9.59 Å². The number of nitrogens with zero attached hydrogens (tertiary/aromatic N) is 2. The van der Waals surface area contributed by atoms with Crippen LogP contribution in [-0.4, -0.2) is 67.1 Å². The Kier molecular flexibility index (Phi) is 9.27. The first-order valence-corrected chi connectivity index (χ1v) is 15.9. The van der Waals surface area contributed by atoms with E-state index in [1.54, 1.807) is 24.1 Å². The van der Waals surface area contributed by atoms with E-state index in [0.29, 0.717) is 35.8 Å². The molecule has 0 radical (unpaired) electrons. The zero-order chi connectivity index (χ0) is 32.4. The van der Waals surface area contributed by atoms with Crippen molar-refractivity contribution in [2.24, 2.45) is 0 Å². The minimum Gasteiger partial charge on any atom is -0.493 e. The number of rotatable bonds is 7. The number of ether oxygens (including phenoxy) is 3. The maximum atomic E-state index is 14.2. The van der Waals surface area contributed by atoms with Crippen LogP contribution in [0.2, 0.25) is 0 Å². The number of hydrogen-bond acceptors (Lipinski definition) is 5. The quantitative estimate of drug-likeness (QED) is 0.279. The molecule has 2 heterocycles. The number of aryl methyl sites for hydroxylation is 1. The van der Waals surface area contributed by atoms with E-state index < -0.39 is 29.8 Å². The summed E-state index contributed by atoms with van der Waals surface area (Å²) in [5, 5.41) is 0. The molecule has 3 aromatic rings. The van der Waals surface area contributed by atoms with Crippen molar-refractivity contribution in [1.82, 2.24) is 9.80 Å². The number of methoxy groups -OCH3 is 1. The second kappa shape index (κ2) is 13.4. The normalized spacial score (nSPS) is 20.4. The summed E-state index contributed by atoms with van der Waals surface area (Å²) in [6, 6.07) is 16.7. The molecule has 0 aromatic heterocycles. The van der Waals surface area contributed by atoms with E-state index >= 15 is 0 Å². The third-order valence-electron chi connectivity index (χ3n) is 9.48. The van der Waals surface area contributed by atoms with Crippen molar-refractivity contribution in [3.63, 3.8) is 0 Å². The van der Waals surface area contributed by atoms with Crippen LogP contribution in [0, 0.1) is 6.92 Å². The summed E-state index contributed by atoms with van der Waals surface area (Å²) in [7, 11) is 1.55. The summed E-state index contributed by atoms with van der Waals surface area (Å²) in [6.07, 6.45) is -0.706. The third-order valence-corrected chi connectivity index (χ3v) is 9.48. The first-order valence-electron chi connectivity index (χ1n) is 15.9. The van der Waals surface area contributed by atoms with E-state index in [2.05, 4.69) is 0 Å². The lowest BCUT2D eigenvalue weighted by atomic mass is 9.81. The van der Waals surface area contributed by atoms with Gasteiger partial charge in [0.05, 0.1) is 31.4 Å². The number of amides is 2. The van der Waals surface area contributed by atoms with Crippen LogP contribution in [0.15, 0.2) is 60.7 Å². The van der Waals surface area contributed by atoms with Gasteiger partial charge >= 0.3 is 6.18 Å². The van der Waals surface area contributed by atoms with E-state index in [4.69, 9.17) is 14.2 Å². The lowest BCUT2D eigenvalue weighted by Crippen LogP contribution is -2.53. The smallest absolute Gasteiger partial charge is 0.416 e. The van der Waals surface area contributed by atoms with Crippen molar-refractivity contribution in [2.45, 2.75) is 69.9 Å². The lowest BCUT2D eigenvalue weighted by molar-refractivity contribution is -0.138. The zero-order valence-electron chi connectivity index (χ0n) is 26.1. The predicted octanol–water partition coefficient (Wildman–Crippen LogP) is 7.01. The molecule has 46 heavy (non-hydrogen) atoms. The van der Waals surface area contributed by atoms with Crippen molar-refractivity contribution in [3.8, 4) is 11.5 Å². The monoisotopic (exact) mass is 636 g/mol. The van der Waals surface area contributed by atoms with Gasteiger partial charge in [0.15, 0.2) is 11.5 Å². The van der Waals surface area contributed by atoms with Crippen LogP contribution in [0.5, 0.6) is 11.5 Å².